The van der Waals surface area contributed by atoms with Gasteiger partial charge in [0.15, 0.2) is 0 Å². The Morgan fingerprint density at radius 3 is 2.33 bits per heavy atom. The lowest BCUT2D eigenvalue weighted by atomic mass is 10.2. The Hall–Kier alpha value is -2.68. The highest BCUT2D eigenvalue weighted by Crippen LogP contribution is 2.11. The number of carbonyl (C=O) groups excluding carboxylic acids is 2. The van der Waals surface area contributed by atoms with Crippen LogP contribution in [-0.4, -0.2) is 48.1 Å². The molecule has 0 saturated carbocycles. The Morgan fingerprint density at radius 1 is 1.14 bits per heavy atom. The van der Waals surface area contributed by atoms with Crippen molar-refractivity contribution in [2.45, 2.75) is 0 Å². The maximum absolute atomic E-state index is 11.8. The standard InChI is InChI=1S/C12H14N4O5/c17-11(9-1-3-10(4-2-9)16(19)20)13-14-12(18)15-5-7-21-8-6-15/h1-4H,5-8H2,(H,13,17)(H,14,18). The number of nitrogens with one attached hydrogen (secondary N) is 2. The predicted octanol–water partition coefficient (Wildman–Crippen LogP) is 0.281. The van der Waals surface area contributed by atoms with E-state index in [2.05, 4.69) is 10.9 Å². The molecule has 1 aliphatic heterocycles. The van der Waals surface area contributed by atoms with Crippen molar-refractivity contribution in [3.63, 3.8) is 0 Å². The van der Waals surface area contributed by atoms with Crippen LogP contribution in [0, 0.1) is 10.1 Å². The zero-order valence-electron chi connectivity index (χ0n) is 11.1. The Bertz CT molecular complexity index is 539. The van der Waals surface area contributed by atoms with Gasteiger partial charge in [0, 0.05) is 30.8 Å². The summed E-state index contributed by atoms with van der Waals surface area (Å²) in [6, 6.07) is 4.65. The van der Waals surface area contributed by atoms with Gasteiger partial charge in [-0.25, -0.2) is 10.2 Å². The summed E-state index contributed by atoms with van der Waals surface area (Å²) in [6.45, 7) is 1.84. The highest BCUT2D eigenvalue weighted by atomic mass is 16.6. The van der Waals surface area contributed by atoms with Gasteiger partial charge in [-0.15, -0.1) is 0 Å². The van der Waals surface area contributed by atoms with Crippen LogP contribution in [0.1, 0.15) is 10.4 Å². The van der Waals surface area contributed by atoms with E-state index in [1.165, 1.54) is 29.2 Å². The molecule has 1 aliphatic rings. The van der Waals surface area contributed by atoms with Gasteiger partial charge in [0.25, 0.3) is 11.6 Å². The molecular formula is C12H14N4O5. The maximum Gasteiger partial charge on any atom is 0.336 e. The summed E-state index contributed by atoms with van der Waals surface area (Å²) in [7, 11) is 0. The molecule has 112 valence electrons. The number of carbonyl (C=O) groups is 2. The van der Waals surface area contributed by atoms with Crippen LogP contribution < -0.4 is 10.9 Å². The summed E-state index contributed by atoms with van der Waals surface area (Å²) >= 11 is 0. The third-order valence-corrected chi connectivity index (χ3v) is 2.92. The third kappa shape index (κ3) is 3.89. The number of ether oxygens (including phenoxy) is 1. The number of hydrogen-bond donors (Lipinski definition) is 2. The molecule has 0 aromatic heterocycles. The molecule has 21 heavy (non-hydrogen) atoms. The largest absolute Gasteiger partial charge is 0.378 e. The van der Waals surface area contributed by atoms with Gasteiger partial charge >= 0.3 is 6.03 Å². The second-order valence-electron chi connectivity index (χ2n) is 4.29. The molecule has 3 amide bonds. The molecule has 1 saturated heterocycles. The van der Waals surface area contributed by atoms with Crippen LogP contribution in [0.15, 0.2) is 24.3 Å². The molecule has 2 N–H and O–H groups in total. The first-order chi connectivity index (χ1) is 10.1. The Morgan fingerprint density at radius 2 is 1.76 bits per heavy atom. The Balaban J connectivity index is 1.86. The SMILES string of the molecule is O=C(NNC(=O)N1CCOCC1)c1ccc([N+](=O)[O-])cc1. The molecule has 1 aromatic rings. The molecule has 2 rings (SSSR count). The molecule has 0 aliphatic carbocycles. The van der Waals surface area contributed by atoms with E-state index in [0.717, 1.165) is 0 Å². The molecule has 0 radical (unpaired) electrons. The quantitative estimate of drug-likeness (QED) is 0.600. The van der Waals surface area contributed by atoms with Gasteiger partial charge in [-0.1, -0.05) is 0 Å². The van der Waals surface area contributed by atoms with Crippen molar-refractivity contribution in [2.75, 3.05) is 26.3 Å². The lowest BCUT2D eigenvalue weighted by Gasteiger charge is -2.26. The van der Waals surface area contributed by atoms with E-state index in [1.807, 2.05) is 0 Å². The molecule has 1 aromatic carbocycles. The average Bonchev–Trinajstić information content (AvgIpc) is 2.53. The van der Waals surface area contributed by atoms with E-state index in [9.17, 15) is 19.7 Å². The molecule has 0 spiro atoms. The Labute approximate surface area is 120 Å². The molecular weight excluding hydrogens is 280 g/mol. The first-order valence-corrected chi connectivity index (χ1v) is 6.25. The number of rotatable bonds is 2. The molecule has 1 heterocycles. The maximum atomic E-state index is 11.8. The molecule has 0 unspecified atom stereocenters. The van der Waals surface area contributed by atoms with Crippen molar-refractivity contribution < 1.29 is 19.2 Å². The molecule has 0 bridgehead atoms. The number of urea groups is 1. The monoisotopic (exact) mass is 294 g/mol. The van der Waals surface area contributed by atoms with Crippen LogP contribution >= 0.6 is 0 Å². The second-order valence-corrected chi connectivity index (χ2v) is 4.29. The fourth-order valence-corrected chi connectivity index (χ4v) is 1.76. The second kappa shape index (κ2) is 6.66. The van der Waals surface area contributed by atoms with Crippen molar-refractivity contribution in [3.05, 3.63) is 39.9 Å². The van der Waals surface area contributed by atoms with Gasteiger partial charge in [0.2, 0.25) is 0 Å². The highest BCUT2D eigenvalue weighted by Gasteiger charge is 2.17. The molecule has 9 heteroatoms. The number of nitrogens with zero attached hydrogens (tertiary/aromatic N) is 2. The van der Waals surface area contributed by atoms with Crippen LogP contribution in [-0.2, 0) is 4.74 Å². The molecule has 0 atom stereocenters. The molecule has 1 fully saturated rings. The van der Waals surface area contributed by atoms with E-state index in [-0.39, 0.29) is 11.3 Å². The number of amides is 3. The van der Waals surface area contributed by atoms with E-state index in [4.69, 9.17) is 4.74 Å². The Kier molecular flexibility index (Phi) is 4.67. The lowest BCUT2D eigenvalue weighted by molar-refractivity contribution is -0.384. The van der Waals surface area contributed by atoms with Crippen molar-refractivity contribution in [3.8, 4) is 0 Å². The number of nitro groups is 1. The third-order valence-electron chi connectivity index (χ3n) is 2.92. The highest BCUT2D eigenvalue weighted by molar-refractivity contribution is 5.95. The van der Waals surface area contributed by atoms with Crippen LogP contribution in [0.3, 0.4) is 0 Å². The van der Waals surface area contributed by atoms with Crippen molar-refractivity contribution in [1.29, 1.82) is 0 Å². The fourth-order valence-electron chi connectivity index (χ4n) is 1.76. The summed E-state index contributed by atoms with van der Waals surface area (Å²) in [6.07, 6.45) is 0. The summed E-state index contributed by atoms with van der Waals surface area (Å²) in [5.74, 6) is -0.550. The number of nitro benzene ring substituents is 1. The van der Waals surface area contributed by atoms with Crippen molar-refractivity contribution in [1.82, 2.24) is 15.8 Å². The van der Waals surface area contributed by atoms with Gasteiger partial charge in [0.1, 0.15) is 0 Å². The number of benzene rings is 1. The van der Waals surface area contributed by atoms with Crippen LogP contribution in [0.4, 0.5) is 10.5 Å². The summed E-state index contributed by atoms with van der Waals surface area (Å²) < 4.78 is 5.11. The summed E-state index contributed by atoms with van der Waals surface area (Å²) in [4.78, 5) is 35.0. The average molecular weight is 294 g/mol. The first-order valence-electron chi connectivity index (χ1n) is 6.25. The van der Waals surface area contributed by atoms with Crippen LogP contribution in [0.2, 0.25) is 0 Å². The van der Waals surface area contributed by atoms with E-state index in [0.29, 0.717) is 26.3 Å². The van der Waals surface area contributed by atoms with Crippen molar-refractivity contribution >= 4 is 17.6 Å². The number of morpholine rings is 1. The number of hydrazine groups is 1. The fraction of sp³-hybridized carbons (Fsp3) is 0.333. The normalized spacial score (nSPS) is 14.4. The van der Waals surface area contributed by atoms with Gasteiger partial charge in [-0.2, -0.15) is 0 Å². The topological polar surface area (TPSA) is 114 Å². The van der Waals surface area contributed by atoms with Gasteiger partial charge in [-0.3, -0.25) is 20.3 Å². The van der Waals surface area contributed by atoms with Gasteiger partial charge in [-0.05, 0) is 12.1 Å². The van der Waals surface area contributed by atoms with E-state index in [1.54, 1.807) is 0 Å². The minimum atomic E-state index is -0.554. The number of non-ortho nitro benzene ring substituents is 1. The van der Waals surface area contributed by atoms with E-state index < -0.39 is 16.9 Å². The smallest absolute Gasteiger partial charge is 0.336 e. The number of hydrogen-bond acceptors (Lipinski definition) is 5. The molecule has 9 nitrogen and oxygen atoms in total. The minimum absolute atomic E-state index is 0.107. The summed E-state index contributed by atoms with van der Waals surface area (Å²) in [5, 5.41) is 10.5. The zero-order valence-corrected chi connectivity index (χ0v) is 11.1. The van der Waals surface area contributed by atoms with Gasteiger partial charge < -0.3 is 9.64 Å². The van der Waals surface area contributed by atoms with E-state index >= 15 is 0 Å². The van der Waals surface area contributed by atoms with Crippen LogP contribution in [0.5, 0.6) is 0 Å². The summed E-state index contributed by atoms with van der Waals surface area (Å²) in [5.41, 5.74) is 4.64. The zero-order chi connectivity index (χ0) is 15.2. The van der Waals surface area contributed by atoms with Crippen LogP contribution in [0.25, 0.3) is 0 Å². The predicted molar refractivity (Wildman–Crippen MR) is 71.5 cm³/mol. The van der Waals surface area contributed by atoms with Gasteiger partial charge in [0.05, 0.1) is 18.1 Å². The minimum Gasteiger partial charge on any atom is -0.378 e. The first kappa shape index (κ1) is 14.7. The van der Waals surface area contributed by atoms with Crippen molar-refractivity contribution in [2.24, 2.45) is 0 Å². The lowest BCUT2D eigenvalue weighted by Crippen LogP contribution is -2.51.